The standard InChI is InChI=1S/C17H29NO3/c1-12(2)16(18-11-7-10-15(18)19)17(20)21-13(3)14-8-5-4-6-9-14/h12-14,16H,4-11H2,1-3H3/t13-,16+/m1/s1. The molecule has 0 aromatic rings. The molecule has 1 heterocycles. The van der Waals surface area contributed by atoms with Crippen LogP contribution >= 0.6 is 0 Å². The van der Waals surface area contributed by atoms with Crippen molar-refractivity contribution >= 4 is 11.9 Å². The summed E-state index contributed by atoms with van der Waals surface area (Å²) in [6.07, 6.45) is 7.48. The number of esters is 1. The van der Waals surface area contributed by atoms with Gasteiger partial charge in [-0.2, -0.15) is 0 Å². The van der Waals surface area contributed by atoms with E-state index >= 15 is 0 Å². The van der Waals surface area contributed by atoms with Gasteiger partial charge in [-0.05, 0) is 38.0 Å². The van der Waals surface area contributed by atoms with Gasteiger partial charge in [0.25, 0.3) is 0 Å². The molecule has 0 unspecified atom stereocenters. The average Bonchev–Trinajstić information content (AvgIpc) is 2.85. The molecular weight excluding hydrogens is 266 g/mol. The van der Waals surface area contributed by atoms with Crippen molar-refractivity contribution in [2.75, 3.05) is 6.54 Å². The van der Waals surface area contributed by atoms with Crippen LogP contribution in [0.3, 0.4) is 0 Å². The number of rotatable bonds is 5. The molecule has 1 aliphatic carbocycles. The van der Waals surface area contributed by atoms with Crippen molar-refractivity contribution < 1.29 is 14.3 Å². The molecule has 2 rings (SSSR count). The average molecular weight is 295 g/mol. The van der Waals surface area contributed by atoms with E-state index in [-0.39, 0.29) is 23.9 Å². The van der Waals surface area contributed by atoms with Crippen LogP contribution in [-0.2, 0) is 14.3 Å². The van der Waals surface area contributed by atoms with Gasteiger partial charge >= 0.3 is 5.97 Å². The van der Waals surface area contributed by atoms with E-state index in [2.05, 4.69) is 0 Å². The highest BCUT2D eigenvalue weighted by molar-refractivity contribution is 5.86. The van der Waals surface area contributed by atoms with Crippen LogP contribution in [0.2, 0.25) is 0 Å². The Morgan fingerprint density at radius 1 is 1.14 bits per heavy atom. The Morgan fingerprint density at radius 3 is 2.33 bits per heavy atom. The lowest BCUT2D eigenvalue weighted by molar-refractivity contribution is -0.162. The number of likely N-dealkylation sites (tertiary alicyclic amines) is 1. The lowest BCUT2D eigenvalue weighted by atomic mass is 9.86. The van der Waals surface area contributed by atoms with Gasteiger partial charge in [-0.1, -0.05) is 33.1 Å². The van der Waals surface area contributed by atoms with Crippen molar-refractivity contribution in [1.29, 1.82) is 0 Å². The fourth-order valence-corrected chi connectivity index (χ4v) is 3.68. The van der Waals surface area contributed by atoms with Crippen LogP contribution in [0.4, 0.5) is 0 Å². The Morgan fingerprint density at radius 2 is 1.81 bits per heavy atom. The smallest absolute Gasteiger partial charge is 0.329 e. The van der Waals surface area contributed by atoms with Gasteiger partial charge in [0, 0.05) is 13.0 Å². The molecule has 2 aliphatic rings. The second-order valence-electron chi connectivity index (χ2n) is 6.92. The summed E-state index contributed by atoms with van der Waals surface area (Å²) in [5, 5.41) is 0. The zero-order chi connectivity index (χ0) is 15.4. The second-order valence-corrected chi connectivity index (χ2v) is 6.92. The van der Waals surface area contributed by atoms with Gasteiger partial charge in [-0.15, -0.1) is 0 Å². The number of carbonyl (C=O) groups excluding carboxylic acids is 2. The third-order valence-corrected chi connectivity index (χ3v) is 4.93. The van der Waals surface area contributed by atoms with Gasteiger partial charge in [0.1, 0.15) is 12.1 Å². The second kappa shape index (κ2) is 7.28. The van der Waals surface area contributed by atoms with Crippen LogP contribution in [0, 0.1) is 11.8 Å². The zero-order valence-electron chi connectivity index (χ0n) is 13.6. The van der Waals surface area contributed by atoms with E-state index in [9.17, 15) is 9.59 Å². The fourth-order valence-electron chi connectivity index (χ4n) is 3.68. The monoisotopic (exact) mass is 295 g/mol. The minimum atomic E-state index is -0.411. The highest BCUT2D eigenvalue weighted by Crippen LogP contribution is 2.29. The number of ether oxygens (including phenoxy) is 1. The van der Waals surface area contributed by atoms with Crippen molar-refractivity contribution in [2.24, 2.45) is 11.8 Å². The summed E-state index contributed by atoms with van der Waals surface area (Å²) in [4.78, 5) is 26.2. The first-order valence-electron chi connectivity index (χ1n) is 8.50. The normalized spacial score (nSPS) is 23.4. The number of nitrogens with zero attached hydrogens (tertiary/aromatic N) is 1. The van der Waals surface area contributed by atoms with Crippen LogP contribution in [-0.4, -0.2) is 35.5 Å². The quantitative estimate of drug-likeness (QED) is 0.732. The maximum Gasteiger partial charge on any atom is 0.329 e. The summed E-state index contributed by atoms with van der Waals surface area (Å²) in [5.74, 6) is 0.470. The molecular formula is C17H29NO3. The Hall–Kier alpha value is -1.06. The molecule has 1 saturated carbocycles. The molecule has 1 aliphatic heterocycles. The van der Waals surface area contributed by atoms with Crippen molar-refractivity contribution in [1.82, 2.24) is 4.90 Å². The SMILES string of the molecule is CC(C)[C@@H](C(=O)O[C@H](C)C1CCCCC1)N1CCCC1=O. The molecule has 0 aromatic carbocycles. The van der Waals surface area contributed by atoms with Gasteiger partial charge < -0.3 is 9.64 Å². The Bertz CT molecular complexity index is 374. The summed E-state index contributed by atoms with van der Waals surface area (Å²) < 4.78 is 5.74. The Kier molecular flexibility index (Phi) is 5.65. The van der Waals surface area contributed by atoms with Gasteiger partial charge in [-0.25, -0.2) is 4.79 Å². The molecule has 0 bridgehead atoms. The van der Waals surface area contributed by atoms with Crippen LogP contribution in [0.1, 0.15) is 65.7 Å². The van der Waals surface area contributed by atoms with Crippen LogP contribution < -0.4 is 0 Å². The molecule has 2 fully saturated rings. The molecule has 0 aromatic heterocycles. The van der Waals surface area contributed by atoms with Gasteiger partial charge in [0.15, 0.2) is 0 Å². The minimum Gasteiger partial charge on any atom is -0.461 e. The lowest BCUT2D eigenvalue weighted by Gasteiger charge is -2.33. The number of hydrogen-bond donors (Lipinski definition) is 0. The Labute approximate surface area is 128 Å². The summed E-state index contributed by atoms with van der Waals surface area (Å²) in [6, 6.07) is -0.411. The molecule has 0 radical (unpaired) electrons. The first kappa shape index (κ1) is 16.3. The van der Waals surface area contributed by atoms with E-state index in [0.29, 0.717) is 18.9 Å². The number of hydrogen-bond acceptors (Lipinski definition) is 3. The molecule has 0 N–H and O–H groups in total. The highest BCUT2D eigenvalue weighted by atomic mass is 16.5. The summed E-state index contributed by atoms with van der Waals surface area (Å²) in [6.45, 7) is 6.68. The molecule has 1 amide bonds. The van der Waals surface area contributed by atoms with Crippen LogP contribution in [0.25, 0.3) is 0 Å². The minimum absolute atomic E-state index is 0.0308. The van der Waals surface area contributed by atoms with E-state index in [1.807, 2.05) is 20.8 Å². The third kappa shape index (κ3) is 3.98. The van der Waals surface area contributed by atoms with Crippen molar-refractivity contribution in [2.45, 2.75) is 77.9 Å². The molecule has 120 valence electrons. The van der Waals surface area contributed by atoms with E-state index in [1.165, 1.54) is 19.3 Å². The number of carbonyl (C=O) groups is 2. The summed E-state index contributed by atoms with van der Waals surface area (Å²) in [7, 11) is 0. The first-order valence-corrected chi connectivity index (χ1v) is 8.50. The van der Waals surface area contributed by atoms with Crippen molar-refractivity contribution in [3.05, 3.63) is 0 Å². The topological polar surface area (TPSA) is 46.6 Å². The first-order chi connectivity index (χ1) is 10.0. The molecule has 4 heteroatoms. The molecule has 0 spiro atoms. The Balaban J connectivity index is 1.96. The highest BCUT2D eigenvalue weighted by Gasteiger charge is 2.37. The maximum atomic E-state index is 12.6. The van der Waals surface area contributed by atoms with Gasteiger partial charge in [-0.3, -0.25) is 4.79 Å². The van der Waals surface area contributed by atoms with Crippen molar-refractivity contribution in [3.63, 3.8) is 0 Å². The number of amides is 1. The predicted octanol–water partition coefficient (Wildman–Crippen LogP) is 3.15. The molecule has 2 atom stereocenters. The van der Waals surface area contributed by atoms with Gasteiger partial charge in [0.2, 0.25) is 5.91 Å². The lowest BCUT2D eigenvalue weighted by Crippen LogP contribution is -2.47. The van der Waals surface area contributed by atoms with Crippen LogP contribution in [0.15, 0.2) is 0 Å². The van der Waals surface area contributed by atoms with Crippen LogP contribution in [0.5, 0.6) is 0 Å². The third-order valence-electron chi connectivity index (χ3n) is 4.93. The molecule has 1 saturated heterocycles. The molecule has 4 nitrogen and oxygen atoms in total. The predicted molar refractivity (Wildman–Crippen MR) is 81.7 cm³/mol. The largest absolute Gasteiger partial charge is 0.461 e. The summed E-state index contributed by atoms with van der Waals surface area (Å²) >= 11 is 0. The van der Waals surface area contributed by atoms with E-state index in [0.717, 1.165) is 19.3 Å². The van der Waals surface area contributed by atoms with E-state index in [4.69, 9.17) is 4.74 Å². The maximum absolute atomic E-state index is 12.6. The zero-order valence-corrected chi connectivity index (χ0v) is 13.6. The van der Waals surface area contributed by atoms with E-state index < -0.39 is 6.04 Å². The van der Waals surface area contributed by atoms with E-state index in [1.54, 1.807) is 4.90 Å². The molecule has 21 heavy (non-hydrogen) atoms. The fraction of sp³-hybridized carbons (Fsp3) is 0.882. The summed E-state index contributed by atoms with van der Waals surface area (Å²) in [5.41, 5.74) is 0. The van der Waals surface area contributed by atoms with Gasteiger partial charge in [0.05, 0.1) is 0 Å². The van der Waals surface area contributed by atoms with Crippen molar-refractivity contribution in [3.8, 4) is 0 Å².